The average Bonchev–Trinajstić information content (AvgIpc) is 2.77. The van der Waals surface area contributed by atoms with Crippen molar-refractivity contribution in [1.29, 1.82) is 0 Å². The Hall–Kier alpha value is -1.79. The molecule has 0 bridgehead atoms. The minimum atomic E-state index is 0.0518. The summed E-state index contributed by atoms with van der Waals surface area (Å²) in [6.07, 6.45) is 2.04. The van der Waals surface area contributed by atoms with Gasteiger partial charge in [0.15, 0.2) is 11.5 Å². The van der Waals surface area contributed by atoms with E-state index in [1.54, 1.807) is 19.1 Å². The van der Waals surface area contributed by atoms with Crippen LogP contribution < -0.4 is 9.47 Å². The van der Waals surface area contributed by atoms with Crippen molar-refractivity contribution in [3.63, 3.8) is 0 Å². The highest BCUT2D eigenvalue weighted by Gasteiger charge is 2.18. The predicted octanol–water partition coefficient (Wildman–Crippen LogP) is 4.89. The number of likely N-dealkylation sites (N-methyl/N-ethyl adjacent to an activating group) is 1. The van der Waals surface area contributed by atoms with Gasteiger partial charge in [-0.2, -0.15) is 0 Å². The standard InChI is InChI=1S/C22H27NO3S2/c1-23(12-11-16-5-10-19(25-2)20(15-16)26-3)21(24)17-6-8-18(9-7-17)22-27-13-4-14-28-22/h5-10,15,22H,4,11-14H2,1-3H3. The van der Waals surface area contributed by atoms with Crippen molar-refractivity contribution in [3.05, 3.63) is 59.2 Å². The lowest BCUT2D eigenvalue weighted by atomic mass is 10.1. The summed E-state index contributed by atoms with van der Waals surface area (Å²) in [5.41, 5.74) is 3.16. The SMILES string of the molecule is COc1ccc(CCN(C)C(=O)c2ccc(C3SCCCS3)cc2)cc1OC. The highest BCUT2D eigenvalue weighted by molar-refractivity contribution is 8.16. The van der Waals surface area contributed by atoms with E-state index in [0.29, 0.717) is 22.6 Å². The summed E-state index contributed by atoms with van der Waals surface area (Å²) in [6.45, 7) is 0.643. The third-order valence-corrected chi connectivity index (χ3v) is 7.80. The number of amides is 1. The zero-order valence-corrected chi connectivity index (χ0v) is 18.3. The van der Waals surface area contributed by atoms with Gasteiger partial charge in [-0.3, -0.25) is 4.79 Å². The first kappa shape index (κ1) is 20.9. The van der Waals surface area contributed by atoms with Gasteiger partial charge in [-0.1, -0.05) is 18.2 Å². The Bertz CT molecular complexity index is 789. The van der Waals surface area contributed by atoms with Crippen LogP contribution in [0.5, 0.6) is 11.5 Å². The second-order valence-electron chi connectivity index (χ2n) is 6.72. The average molecular weight is 418 g/mol. The van der Waals surface area contributed by atoms with Crippen molar-refractivity contribution < 1.29 is 14.3 Å². The van der Waals surface area contributed by atoms with Crippen LogP contribution in [0.3, 0.4) is 0 Å². The van der Waals surface area contributed by atoms with Crippen LogP contribution in [0.1, 0.15) is 32.5 Å². The maximum absolute atomic E-state index is 12.7. The van der Waals surface area contributed by atoms with Gasteiger partial charge in [0.25, 0.3) is 5.91 Å². The van der Waals surface area contributed by atoms with Crippen molar-refractivity contribution in [2.24, 2.45) is 0 Å². The number of benzene rings is 2. The van der Waals surface area contributed by atoms with Gasteiger partial charge in [0.05, 0.1) is 18.8 Å². The Morgan fingerprint density at radius 3 is 2.36 bits per heavy atom. The van der Waals surface area contributed by atoms with Crippen LogP contribution in [0, 0.1) is 0 Å². The Labute approximate surface area is 176 Å². The Kier molecular flexibility index (Phi) is 7.57. The molecule has 0 saturated carbocycles. The molecule has 0 spiro atoms. The number of methoxy groups -OCH3 is 2. The van der Waals surface area contributed by atoms with Crippen LogP contribution in [0.25, 0.3) is 0 Å². The number of thioether (sulfide) groups is 2. The van der Waals surface area contributed by atoms with Gasteiger partial charge in [0, 0.05) is 19.2 Å². The van der Waals surface area contributed by atoms with Crippen molar-refractivity contribution in [2.75, 3.05) is 39.3 Å². The van der Waals surface area contributed by atoms with E-state index in [1.165, 1.54) is 23.5 Å². The van der Waals surface area contributed by atoms with E-state index in [2.05, 4.69) is 12.1 Å². The molecular formula is C22H27NO3S2. The summed E-state index contributed by atoms with van der Waals surface area (Å²) < 4.78 is 11.1. The minimum Gasteiger partial charge on any atom is -0.493 e. The van der Waals surface area contributed by atoms with Gasteiger partial charge in [-0.05, 0) is 59.7 Å². The summed E-state index contributed by atoms with van der Waals surface area (Å²) in [4.78, 5) is 14.5. The fraction of sp³-hybridized carbons (Fsp3) is 0.409. The molecule has 0 aromatic heterocycles. The Morgan fingerprint density at radius 1 is 1.04 bits per heavy atom. The number of hydrogen-bond acceptors (Lipinski definition) is 5. The molecule has 28 heavy (non-hydrogen) atoms. The van der Waals surface area contributed by atoms with E-state index in [-0.39, 0.29) is 5.91 Å². The normalized spacial score (nSPS) is 14.5. The molecule has 150 valence electrons. The summed E-state index contributed by atoms with van der Waals surface area (Å²) in [7, 11) is 5.11. The van der Waals surface area contributed by atoms with Crippen LogP contribution in [0.2, 0.25) is 0 Å². The first-order chi connectivity index (χ1) is 13.6. The molecule has 0 aliphatic carbocycles. The fourth-order valence-corrected chi connectivity index (χ4v) is 6.01. The summed E-state index contributed by atoms with van der Waals surface area (Å²) in [6, 6.07) is 14.0. The largest absolute Gasteiger partial charge is 0.493 e. The molecule has 4 nitrogen and oxygen atoms in total. The van der Waals surface area contributed by atoms with Crippen LogP contribution in [-0.2, 0) is 6.42 Å². The summed E-state index contributed by atoms with van der Waals surface area (Å²) >= 11 is 3.99. The van der Waals surface area contributed by atoms with E-state index < -0.39 is 0 Å². The molecule has 1 aliphatic heterocycles. The van der Waals surface area contributed by atoms with Crippen molar-refractivity contribution in [1.82, 2.24) is 4.90 Å². The first-order valence-electron chi connectivity index (χ1n) is 9.42. The van der Waals surface area contributed by atoms with Gasteiger partial charge < -0.3 is 14.4 Å². The lowest BCUT2D eigenvalue weighted by Crippen LogP contribution is -2.28. The van der Waals surface area contributed by atoms with E-state index in [0.717, 1.165) is 17.5 Å². The predicted molar refractivity (Wildman–Crippen MR) is 119 cm³/mol. The van der Waals surface area contributed by atoms with Gasteiger partial charge in [-0.25, -0.2) is 0 Å². The summed E-state index contributed by atoms with van der Waals surface area (Å²) in [5.74, 6) is 3.91. The van der Waals surface area contributed by atoms with E-state index in [1.807, 2.05) is 60.9 Å². The molecule has 0 radical (unpaired) electrons. The molecule has 3 rings (SSSR count). The van der Waals surface area contributed by atoms with Crippen LogP contribution >= 0.6 is 23.5 Å². The van der Waals surface area contributed by atoms with Gasteiger partial charge in [0.1, 0.15) is 0 Å². The zero-order valence-electron chi connectivity index (χ0n) is 16.6. The van der Waals surface area contributed by atoms with Gasteiger partial charge in [-0.15, -0.1) is 23.5 Å². The molecule has 2 aromatic rings. The summed E-state index contributed by atoms with van der Waals surface area (Å²) in [5, 5.41) is 0. The van der Waals surface area contributed by atoms with Crippen LogP contribution in [0.15, 0.2) is 42.5 Å². The second kappa shape index (κ2) is 10.1. The number of nitrogens with zero attached hydrogens (tertiary/aromatic N) is 1. The van der Waals surface area contributed by atoms with E-state index in [9.17, 15) is 4.79 Å². The molecule has 1 saturated heterocycles. The highest BCUT2D eigenvalue weighted by atomic mass is 32.2. The number of rotatable bonds is 7. The van der Waals surface area contributed by atoms with E-state index in [4.69, 9.17) is 9.47 Å². The minimum absolute atomic E-state index is 0.0518. The molecule has 0 N–H and O–H groups in total. The lowest BCUT2D eigenvalue weighted by Gasteiger charge is -2.22. The Balaban J connectivity index is 1.58. The molecule has 2 aromatic carbocycles. The number of carbonyl (C=O) groups excluding carboxylic acids is 1. The number of ether oxygens (including phenoxy) is 2. The molecule has 1 aliphatic rings. The topological polar surface area (TPSA) is 38.8 Å². The fourth-order valence-electron chi connectivity index (χ4n) is 3.12. The van der Waals surface area contributed by atoms with Gasteiger partial charge in [0.2, 0.25) is 0 Å². The molecule has 6 heteroatoms. The quantitative estimate of drug-likeness (QED) is 0.641. The molecular weight excluding hydrogens is 390 g/mol. The van der Waals surface area contributed by atoms with Crippen molar-refractivity contribution in [2.45, 2.75) is 17.4 Å². The highest BCUT2D eigenvalue weighted by Crippen LogP contribution is 2.43. The smallest absolute Gasteiger partial charge is 0.253 e. The second-order valence-corrected chi connectivity index (χ2v) is 9.44. The molecule has 1 amide bonds. The molecule has 1 heterocycles. The third kappa shape index (κ3) is 5.17. The molecule has 0 atom stereocenters. The zero-order chi connectivity index (χ0) is 19.9. The van der Waals surface area contributed by atoms with Crippen molar-refractivity contribution in [3.8, 4) is 11.5 Å². The van der Waals surface area contributed by atoms with E-state index >= 15 is 0 Å². The van der Waals surface area contributed by atoms with Crippen molar-refractivity contribution >= 4 is 29.4 Å². The third-order valence-electron chi connectivity index (χ3n) is 4.79. The van der Waals surface area contributed by atoms with Gasteiger partial charge >= 0.3 is 0 Å². The lowest BCUT2D eigenvalue weighted by molar-refractivity contribution is 0.0796. The molecule has 1 fully saturated rings. The Morgan fingerprint density at radius 2 is 1.71 bits per heavy atom. The number of hydrogen-bond donors (Lipinski definition) is 0. The maximum Gasteiger partial charge on any atom is 0.253 e. The van der Waals surface area contributed by atoms with Crippen LogP contribution in [-0.4, -0.2) is 50.1 Å². The first-order valence-corrected chi connectivity index (χ1v) is 11.5. The van der Waals surface area contributed by atoms with Crippen LogP contribution in [0.4, 0.5) is 0 Å². The molecule has 0 unspecified atom stereocenters. The number of carbonyl (C=O) groups is 1. The maximum atomic E-state index is 12.7. The monoisotopic (exact) mass is 417 g/mol.